The molecule has 5 nitrogen and oxygen atoms in total. The van der Waals surface area contributed by atoms with Crippen LogP contribution in [0.2, 0.25) is 0 Å². The van der Waals surface area contributed by atoms with Crippen molar-refractivity contribution in [2.24, 2.45) is 0 Å². The Morgan fingerprint density at radius 3 is 1.90 bits per heavy atom. The number of carbonyl (C=O) groups is 1. The number of nitrogens with one attached hydrogen (secondary N) is 1. The lowest BCUT2D eigenvalue weighted by molar-refractivity contribution is -0.118. The van der Waals surface area contributed by atoms with Gasteiger partial charge in [0.05, 0.1) is 16.9 Å². The van der Waals surface area contributed by atoms with Crippen molar-refractivity contribution in [2.75, 3.05) is 0 Å². The lowest BCUT2D eigenvalue weighted by Gasteiger charge is -2.22. The minimum absolute atomic E-state index is 0.0244. The number of fused-ring (bicyclic) bond motifs is 1. The van der Waals surface area contributed by atoms with E-state index in [-0.39, 0.29) is 23.2 Å². The molecule has 0 aliphatic heterocycles. The molecule has 0 fully saturated rings. The predicted octanol–water partition coefficient (Wildman–Crippen LogP) is 7.03. The van der Waals surface area contributed by atoms with Crippen molar-refractivity contribution in [3.63, 3.8) is 0 Å². The quantitative estimate of drug-likeness (QED) is 0.250. The first-order valence-electron chi connectivity index (χ1n) is 13.3. The molecule has 6 heteroatoms. The van der Waals surface area contributed by atoms with E-state index in [1.807, 2.05) is 12.1 Å². The van der Waals surface area contributed by atoms with Crippen LogP contribution in [-0.4, -0.2) is 19.4 Å². The molecule has 2 N–H and O–H groups in total. The molecule has 0 unspecified atom stereocenters. The second kappa shape index (κ2) is 10.9. The summed E-state index contributed by atoms with van der Waals surface area (Å²) in [6, 6.07) is 24.9. The molecule has 0 spiro atoms. The highest BCUT2D eigenvalue weighted by Crippen LogP contribution is 2.35. The maximum Gasteiger partial charge on any atom is 0.264 e. The van der Waals surface area contributed by atoms with E-state index in [4.69, 9.17) is 0 Å². The first kappa shape index (κ1) is 28.5. The van der Waals surface area contributed by atoms with Crippen LogP contribution in [0.5, 0.6) is 0 Å². The van der Waals surface area contributed by atoms with Crippen LogP contribution >= 0.6 is 0 Å². The molecule has 4 aromatic carbocycles. The number of carbonyl (C=O) groups excluding carboxylic acids is 1. The van der Waals surface area contributed by atoms with Crippen LogP contribution in [0.4, 0.5) is 0 Å². The summed E-state index contributed by atoms with van der Waals surface area (Å²) in [4.78, 5) is 13.1. The largest absolute Gasteiger partial charge is 0.386 e. The van der Waals surface area contributed by atoms with Crippen molar-refractivity contribution in [2.45, 2.75) is 70.3 Å². The van der Waals surface area contributed by atoms with E-state index in [1.54, 1.807) is 26.0 Å². The molecule has 0 heterocycles. The minimum atomic E-state index is -4.06. The zero-order chi connectivity index (χ0) is 28.5. The fourth-order valence-electron chi connectivity index (χ4n) is 4.93. The van der Waals surface area contributed by atoms with E-state index in [0.29, 0.717) is 5.56 Å². The fourth-order valence-corrected chi connectivity index (χ4v) is 5.92. The number of amides is 1. The Hall–Kier alpha value is -3.48. The van der Waals surface area contributed by atoms with Crippen molar-refractivity contribution in [1.29, 1.82) is 0 Å². The van der Waals surface area contributed by atoms with Gasteiger partial charge in [0.15, 0.2) is 0 Å². The summed E-state index contributed by atoms with van der Waals surface area (Å²) in [6.45, 7) is 11.6. The summed E-state index contributed by atoms with van der Waals surface area (Å²) >= 11 is 0. The zero-order valence-electron chi connectivity index (χ0n) is 23.4. The van der Waals surface area contributed by atoms with Crippen LogP contribution < -0.4 is 4.72 Å². The molecule has 0 radical (unpaired) electrons. The van der Waals surface area contributed by atoms with Crippen LogP contribution in [0, 0.1) is 0 Å². The normalized spacial score (nSPS) is 12.3. The average Bonchev–Trinajstić information content (AvgIpc) is 2.87. The van der Waals surface area contributed by atoms with Gasteiger partial charge in [0, 0.05) is 0 Å². The SMILES string of the molecule is CC(C)c1cc(-c2ccc3ccccc3c2)cc(C(C)C)c1CC(=O)NS(=O)(=O)c1ccc(C(C)(C)O)cc1. The number of hydrogen-bond acceptors (Lipinski definition) is 4. The average molecular weight is 544 g/mol. The van der Waals surface area contributed by atoms with Gasteiger partial charge in [0.25, 0.3) is 10.0 Å². The standard InChI is InChI=1S/C33H37NO4S/c1-21(2)29-18-26(25-12-11-23-9-7-8-10-24(23)17-25)19-30(22(3)4)31(29)20-32(35)34-39(37,38)28-15-13-27(14-16-28)33(5,6)36/h7-19,21-22,36H,20H2,1-6H3,(H,34,35). The third-order valence-corrected chi connectivity index (χ3v) is 8.49. The number of rotatable bonds is 8. The first-order chi connectivity index (χ1) is 18.3. The second-order valence-electron chi connectivity index (χ2n) is 11.3. The summed E-state index contributed by atoms with van der Waals surface area (Å²) in [5.74, 6) is -0.308. The van der Waals surface area contributed by atoms with E-state index in [0.717, 1.165) is 33.2 Å². The molecule has 0 bridgehead atoms. The van der Waals surface area contributed by atoms with Crippen LogP contribution in [0.25, 0.3) is 21.9 Å². The van der Waals surface area contributed by atoms with Gasteiger partial charge < -0.3 is 5.11 Å². The lowest BCUT2D eigenvalue weighted by atomic mass is 9.83. The Morgan fingerprint density at radius 1 is 0.795 bits per heavy atom. The molecule has 0 atom stereocenters. The summed E-state index contributed by atoms with van der Waals surface area (Å²) in [5, 5.41) is 12.5. The third kappa shape index (κ3) is 6.40. The maximum absolute atomic E-state index is 13.1. The van der Waals surface area contributed by atoms with E-state index in [2.05, 4.69) is 74.9 Å². The molecular weight excluding hydrogens is 506 g/mol. The summed E-state index contributed by atoms with van der Waals surface area (Å²) in [6.07, 6.45) is -0.0417. The summed E-state index contributed by atoms with van der Waals surface area (Å²) < 4.78 is 28.2. The topological polar surface area (TPSA) is 83.5 Å². The van der Waals surface area contributed by atoms with Gasteiger partial charge in [-0.15, -0.1) is 0 Å². The molecule has 204 valence electrons. The molecule has 39 heavy (non-hydrogen) atoms. The van der Waals surface area contributed by atoms with Gasteiger partial charge in [0.1, 0.15) is 0 Å². The van der Waals surface area contributed by atoms with Gasteiger partial charge in [-0.1, -0.05) is 88.4 Å². The smallest absolute Gasteiger partial charge is 0.264 e. The maximum atomic E-state index is 13.1. The first-order valence-corrected chi connectivity index (χ1v) is 14.8. The van der Waals surface area contributed by atoms with Gasteiger partial charge >= 0.3 is 0 Å². The van der Waals surface area contributed by atoms with Crippen LogP contribution in [0.15, 0.2) is 83.8 Å². The van der Waals surface area contributed by atoms with E-state index in [1.165, 1.54) is 17.5 Å². The Balaban J connectivity index is 1.67. The van der Waals surface area contributed by atoms with Gasteiger partial charge in [-0.05, 0) is 88.0 Å². The van der Waals surface area contributed by atoms with Gasteiger partial charge in [-0.2, -0.15) is 0 Å². The van der Waals surface area contributed by atoms with Crippen LogP contribution in [-0.2, 0) is 26.8 Å². The van der Waals surface area contributed by atoms with Gasteiger partial charge in [-0.3, -0.25) is 4.79 Å². The minimum Gasteiger partial charge on any atom is -0.386 e. The monoisotopic (exact) mass is 543 g/mol. The number of benzene rings is 4. The Morgan fingerprint density at radius 2 is 1.36 bits per heavy atom. The number of hydrogen-bond donors (Lipinski definition) is 2. The molecule has 4 aromatic rings. The molecule has 4 rings (SSSR count). The second-order valence-corrected chi connectivity index (χ2v) is 13.0. The van der Waals surface area contributed by atoms with E-state index < -0.39 is 21.5 Å². The van der Waals surface area contributed by atoms with Crippen molar-refractivity contribution in [3.8, 4) is 11.1 Å². The fraction of sp³-hybridized carbons (Fsp3) is 0.303. The van der Waals surface area contributed by atoms with Crippen LogP contribution in [0.1, 0.15) is 75.6 Å². The third-order valence-electron chi connectivity index (χ3n) is 7.10. The highest BCUT2D eigenvalue weighted by atomic mass is 32.2. The lowest BCUT2D eigenvalue weighted by Crippen LogP contribution is -2.32. The highest BCUT2D eigenvalue weighted by Gasteiger charge is 2.24. The molecule has 0 saturated heterocycles. The highest BCUT2D eigenvalue weighted by molar-refractivity contribution is 7.90. The number of sulfonamides is 1. The van der Waals surface area contributed by atoms with Gasteiger partial charge in [-0.25, -0.2) is 13.1 Å². The van der Waals surface area contributed by atoms with E-state index >= 15 is 0 Å². The summed E-state index contributed by atoms with van der Waals surface area (Å²) in [7, 11) is -4.06. The predicted molar refractivity (Wildman–Crippen MR) is 158 cm³/mol. The van der Waals surface area contributed by atoms with E-state index in [9.17, 15) is 18.3 Å². The summed E-state index contributed by atoms with van der Waals surface area (Å²) in [5.41, 5.74) is 4.61. The molecule has 0 aliphatic rings. The van der Waals surface area contributed by atoms with Crippen molar-refractivity contribution in [3.05, 3.63) is 101 Å². The Kier molecular flexibility index (Phi) is 8.01. The van der Waals surface area contributed by atoms with Crippen molar-refractivity contribution < 1.29 is 18.3 Å². The van der Waals surface area contributed by atoms with Crippen molar-refractivity contribution in [1.82, 2.24) is 4.72 Å². The molecule has 1 amide bonds. The molecular formula is C33H37NO4S. The number of aliphatic hydroxyl groups is 1. The molecule has 0 aromatic heterocycles. The molecule has 0 aliphatic carbocycles. The Bertz CT molecular complexity index is 1580. The molecule has 0 saturated carbocycles. The van der Waals surface area contributed by atoms with Crippen molar-refractivity contribution >= 4 is 26.7 Å². The Labute approximate surface area is 232 Å². The van der Waals surface area contributed by atoms with Gasteiger partial charge in [0.2, 0.25) is 5.91 Å². The van der Waals surface area contributed by atoms with Crippen LogP contribution in [0.3, 0.4) is 0 Å². The zero-order valence-corrected chi connectivity index (χ0v) is 24.3.